The summed E-state index contributed by atoms with van der Waals surface area (Å²) in [6.07, 6.45) is -21.4. The molecule has 0 aliphatic carbocycles. The van der Waals surface area contributed by atoms with E-state index in [2.05, 4.69) is 38.7 Å². The van der Waals surface area contributed by atoms with Crippen molar-refractivity contribution in [1.29, 1.82) is 0 Å². The topological polar surface area (TPSA) is 447 Å². The van der Waals surface area contributed by atoms with Crippen molar-refractivity contribution in [3.63, 3.8) is 0 Å². The van der Waals surface area contributed by atoms with Gasteiger partial charge in [-0.15, -0.1) is 80.9 Å². The Morgan fingerprint density at radius 2 is 0.915 bits per heavy atom. The van der Waals surface area contributed by atoms with E-state index in [0.717, 1.165) is 0 Å². The minimum Gasteiger partial charge on any atom is -0.342 e. The summed E-state index contributed by atoms with van der Waals surface area (Å²) in [6.45, 7) is -4.82. The van der Waals surface area contributed by atoms with E-state index in [4.69, 9.17) is 14.2 Å². The monoisotopic (exact) mass is 702 g/mol. The second-order valence-electron chi connectivity index (χ2n) is 8.09. The zero-order valence-electron chi connectivity index (χ0n) is 21.8. The standard InChI is InChI=1S/C12H14N8O27/c21-13(22)37-1-4-6(43-16(27)28)8(45-18(31)32)9(46-19(33)34)11(40-4)42-12(3-39-15(25)26)10(47-20(35)36)7(44-17(29)30)5(41-12)2-38-14(23)24/h4-11H,1-3H2/t4-,5-,6-,7-,8+,9-,10+,11-,12+/m1/s1. The summed E-state index contributed by atoms with van der Waals surface area (Å²) in [7, 11) is 0. The molecular formula is C12H14N8O27. The third kappa shape index (κ3) is 10.3. The van der Waals surface area contributed by atoms with Gasteiger partial charge in [-0.25, -0.2) is 0 Å². The Balaban J connectivity index is 2.78. The summed E-state index contributed by atoms with van der Waals surface area (Å²) in [5, 5.41) is 75.4. The van der Waals surface area contributed by atoms with E-state index in [9.17, 15) is 80.9 Å². The highest BCUT2D eigenvalue weighted by molar-refractivity contribution is 5.00. The second-order valence-corrected chi connectivity index (χ2v) is 8.09. The van der Waals surface area contributed by atoms with E-state index in [0.29, 0.717) is 0 Å². The smallest absolute Gasteiger partial charge is 0.295 e. The third-order valence-corrected chi connectivity index (χ3v) is 5.45. The minimum atomic E-state index is -3.52. The molecule has 2 saturated heterocycles. The van der Waals surface area contributed by atoms with Gasteiger partial charge in [-0.1, -0.05) is 0 Å². The second kappa shape index (κ2) is 15.5. The molecule has 47 heavy (non-hydrogen) atoms. The van der Waals surface area contributed by atoms with Gasteiger partial charge in [0.1, 0.15) is 25.4 Å². The Kier molecular flexibility index (Phi) is 12.1. The molecule has 0 unspecified atom stereocenters. The van der Waals surface area contributed by atoms with Crippen LogP contribution in [0.2, 0.25) is 0 Å². The van der Waals surface area contributed by atoms with Gasteiger partial charge in [0, 0.05) is 0 Å². The van der Waals surface area contributed by atoms with E-state index in [1.54, 1.807) is 0 Å². The first-order valence-electron chi connectivity index (χ1n) is 11.2. The van der Waals surface area contributed by atoms with Crippen LogP contribution in [0.4, 0.5) is 0 Å². The van der Waals surface area contributed by atoms with Gasteiger partial charge in [-0.05, 0) is 0 Å². The maximum absolute atomic E-state index is 11.3. The lowest BCUT2D eigenvalue weighted by Crippen LogP contribution is -2.66. The fourth-order valence-electron chi connectivity index (χ4n) is 4.04. The lowest BCUT2D eigenvalue weighted by Gasteiger charge is -2.45. The molecule has 0 aromatic rings. The molecule has 2 aliphatic heterocycles. The number of hydrogen-bond acceptors (Lipinski definition) is 27. The molecule has 35 nitrogen and oxygen atoms in total. The molecule has 2 aliphatic rings. The Morgan fingerprint density at radius 3 is 1.38 bits per heavy atom. The van der Waals surface area contributed by atoms with E-state index in [1.807, 2.05) is 0 Å². The number of ether oxygens (including phenoxy) is 3. The molecule has 2 rings (SSSR count). The van der Waals surface area contributed by atoms with Crippen molar-refractivity contribution < 1.29 is 93.6 Å². The molecule has 264 valence electrons. The molecule has 0 aromatic carbocycles. The molecule has 0 saturated carbocycles. The molecule has 0 radical (unpaired) electrons. The fourth-order valence-corrected chi connectivity index (χ4v) is 4.04. The van der Waals surface area contributed by atoms with Crippen LogP contribution in [0.15, 0.2) is 0 Å². The van der Waals surface area contributed by atoms with Crippen molar-refractivity contribution in [2.45, 2.75) is 54.8 Å². The van der Waals surface area contributed by atoms with E-state index in [1.165, 1.54) is 0 Å². The first kappa shape index (κ1) is 36.7. The highest BCUT2D eigenvalue weighted by atomic mass is 17.0. The van der Waals surface area contributed by atoms with Gasteiger partial charge in [0.15, 0.2) is 43.4 Å². The van der Waals surface area contributed by atoms with Gasteiger partial charge in [0.05, 0.1) is 0 Å². The fraction of sp³-hybridized carbons (Fsp3) is 1.00. The third-order valence-electron chi connectivity index (χ3n) is 5.45. The zero-order chi connectivity index (χ0) is 35.6. The summed E-state index contributed by atoms with van der Waals surface area (Å²) in [5.41, 5.74) is 0. The molecule has 2 heterocycles. The van der Waals surface area contributed by atoms with Crippen LogP contribution in [0.3, 0.4) is 0 Å². The summed E-state index contributed by atoms with van der Waals surface area (Å²) in [5.74, 6) is -3.52. The Morgan fingerprint density at radius 1 is 0.489 bits per heavy atom. The maximum atomic E-state index is 11.3. The lowest BCUT2D eigenvalue weighted by atomic mass is 9.98. The van der Waals surface area contributed by atoms with Crippen molar-refractivity contribution >= 4 is 0 Å². The van der Waals surface area contributed by atoms with Crippen molar-refractivity contribution in [2.24, 2.45) is 0 Å². The Labute approximate surface area is 250 Å². The molecule has 0 spiro atoms. The number of nitrogens with zero attached hydrogens (tertiary/aromatic N) is 8. The highest BCUT2D eigenvalue weighted by Crippen LogP contribution is 2.41. The largest absolute Gasteiger partial charge is 0.342 e. The molecule has 9 atom stereocenters. The van der Waals surface area contributed by atoms with Gasteiger partial charge >= 0.3 is 0 Å². The zero-order valence-corrected chi connectivity index (χ0v) is 21.8. The molecule has 0 aromatic heterocycles. The predicted octanol–water partition coefficient (Wildman–Crippen LogP) is -3.67. The van der Waals surface area contributed by atoms with Gasteiger partial charge in [0.2, 0.25) is 5.79 Å². The van der Waals surface area contributed by atoms with Crippen molar-refractivity contribution in [1.82, 2.24) is 0 Å². The molecule has 0 amide bonds. The average molecular weight is 702 g/mol. The van der Waals surface area contributed by atoms with Gasteiger partial charge in [0.25, 0.3) is 40.7 Å². The van der Waals surface area contributed by atoms with E-state index >= 15 is 0 Å². The maximum Gasteiger partial charge on any atom is 0.295 e. The van der Waals surface area contributed by atoms with Crippen LogP contribution in [-0.4, -0.2) is 115 Å². The van der Waals surface area contributed by atoms with Gasteiger partial charge in [-0.3, -0.25) is 0 Å². The Hall–Kier alpha value is -6.52. The minimum absolute atomic E-state index is 1.46. The van der Waals surface area contributed by atoms with E-state index < -0.39 is 115 Å². The van der Waals surface area contributed by atoms with Crippen LogP contribution in [0.25, 0.3) is 0 Å². The summed E-state index contributed by atoms with van der Waals surface area (Å²) >= 11 is 0. The van der Waals surface area contributed by atoms with Crippen LogP contribution < -0.4 is 0 Å². The van der Waals surface area contributed by atoms with Gasteiger partial charge < -0.3 is 52.9 Å². The quantitative estimate of drug-likeness (QED) is 0.0821. The SMILES string of the molecule is O=[N+]([O-])OC[C@H]1O[C@@](CO[N+](=O)[O-])(O[C@H]2O[C@H](CO[N+](=O)[O-])[C@@H](O[N+](=O)[O-])[C@H](O[N+](=O)[O-])[C@H]2O[N+](=O)[O-])[C@@H](O[N+](=O)[O-])[C@@H]1O[N+](=O)[O-]. The molecule has 0 bridgehead atoms. The van der Waals surface area contributed by atoms with Crippen molar-refractivity contribution in [3.8, 4) is 0 Å². The first-order valence-corrected chi connectivity index (χ1v) is 11.2. The van der Waals surface area contributed by atoms with Crippen LogP contribution in [0.1, 0.15) is 0 Å². The molecule has 35 heteroatoms. The number of rotatable bonds is 21. The lowest BCUT2D eigenvalue weighted by molar-refractivity contribution is -0.826. The normalized spacial score (nSPS) is 29.6. The van der Waals surface area contributed by atoms with E-state index in [-0.39, 0.29) is 0 Å². The summed E-state index contributed by atoms with van der Waals surface area (Å²) in [6, 6.07) is 0. The van der Waals surface area contributed by atoms with Gasteiger partial charge in [-0.2, -0.15) is 0 Å². The van der Waals surface area contributed by atoms with Crippen LogP contribution >= 0.6 is 0 Å². The summed E-state index contributed by atoms with van der Waals surface area (Å²) < 4.78 is 15.5. The molecular weight excluding hydrogens is 688 g/mol. The van der Waals surface area contributed by atoms with Crippen molar-refractivity contribution in [3.05, 3.63) is 80.9 Å². The predicted molar refractivity (Wildman–Crippen MR) is 116 cm³/mol. The Bertz CT molecular complexity index is 1230. The molecule has 0 N–H and O–H groups in total. The van der Waals surface area contributed by atoms with Crippen molar-refractivity contribution in [2.75, 3.05) is 19.8 Å². The molecule has 2 fully saturated rings. The highest BCUT2D eigenvalue weighted by Gasteiger charge is 2.65. The summed E-state index contributed by atoms with van der Waals surface area (Å²) in [4.78, 5) is 122. The average Bonchev–Trinajstić information content (AvgIpc) is 3.18. The first-order chi connectivity index (χ1) is 21.8. The van der Waals surface area contributed by atoms with Crippen LogP contribution in [0, 0.1) is 80.9 Å². The van der Waals surface area contributed by atoms with Crippen LogP contribution in [0.5, 0.6) is 0 Å². The number of hydrogen-bond donors (Lipinski definition) is 0. The van der Waals surface area contributed by atoms with Crippen LogP contribution in [-0.2, 0) is 52.9 Å².